The fraction of sp³-hybridized carbons (Fsp3) is 0.533. The molecule has 1 heterocycles. The minimum Gasteiger partial charge on any atom is -0.369 e. The van der Waals surface area contributed by atoms with Gasteiger partial charge in [0.2, 0.25) is 5.91 Å². The summed E-state index contributed by atoms with van der Waals surface area (Å²) < 4.78 is 5.43. The Morgan fingerprint density at radius 2 is 2.19 bits per heavy atom. The lowest BCUT2D eigenvalue weighted by Gasteiger charge is -2.37. The Bertz CT molecular complexity index is 469. The van der Waals surface area contributed by atoms with Gasteiger partial charge in [0.05, 0.1) is 12.1 Å². The number of ether oxygens (including phenoxy) is 1. The number of carbonyl (C=O) groups is 1. The summed E-state index contributed by atoms with van der Waals surface area (Å²) in [4.78, 5) is 14.2. The lowest BCUT2D eigenvalue weighted by molar-refractivity contribution is -0.141. The fourth-order valence-corrected chi connectivity index (χ4v) is 2.61. The highest BCUT2D eigenvalue weighted by atomic mass is 35.5. The number of benzene rings is 1. The van der Waals surface area contributed by atoms with Crippen molar-refractivity contribution in [2.24, 2.45) is 0 Å². The molecule has 0 bridgehead atoms. The maximum atomic E-state index is 12.3. The van der Waals surface area contributed by atoms with E-state index < -0.39 is 0 Å². The summed E-state index contributed by atoms with van der Waals surface area (Å²) in [6.07, 6.45) is 0.0561. The first-order valence-corrected chi connectivity index (χ1v) is 7.33. The minimum atomic E-state index is -0.0271. The van der Waals surface area contributed by atoms with Crippen LogP contribution in [0.4, 0.5) is 0 Å². The number of nitrogens with zero attached hydrogens (tertiary/aromatic N) is 1. The van der Waals surface area contributed by atoms with E-state index in [9.17, 15) is 4.79 Å². The number of hydrogen-bond donors (Lipinski definition) is 1. The highest BCUT2D eigenvalue weighted by molar-refractivity contribution is 6.31. The molecular formula is C15H22Cl2N2O2. The van der Waals surface area contributed by atoms with Crippen LogP contribution in [0, 0.1) is 0 Å². The fourth-order valence-electron chi connectivity index (χ4n) is 2.35. The maximum Gasteiger partial charge on any atom is 0.249 e. The summed E-state index contributed by atoms with van der Waals surface area (Å²) >= 11 is 6.26. The Labute approximate surface area is 137 Å². The van der Waals surface area contributed by atoms with Gasteiger partial charge >= 0.3 is 0 Å². The summed E-state index contributed by atoms with van der Waals surface area (Å²) in [5, 5.41) is 4.01. The summed E-state index contributed by atoms with van der Waals surface area (Å²) in [6.45, 7) is 6.17. The third-order valence-corrected chi connectivity index (χ3v) is 3.71. The number of halogens is 2. The van der Waals surface area contributed by atoms with Crippen LogP contribution in [0.1, 0.15) is 25.5 Å². The van der Waals surface area contributed by atoms with Crippen LogP contribution in [-0.4, -0.2) is 43.2 Å². The Balaban J connectivity index is 0.00000220. The molecule has 1 aliphatic heterocycles. The third kappa shape index (κ3) is 4.85. The van der Waals surface area contributed by atoms with Gasteiger partial charge in [-0.25, -0.2) is 0 Å². The van der Waals surface area contributed by atoms with Crippen LogP contribution >= 0.6 is 24.0 Å². The molecular weight excluding hydrogens is 311 g/mol. The van der Waals surface area contributed by atoms with Gasteiger partial charge in [-0.1, -0.05) is 29.8 Å². The molecule has 2 rings (SSSR count). The van der Waals surface area contributed by atoms with E-state index in [0.29, 0.717) is 11.6 Å². The average molecular weight is 333 g/mol. The van der Waals surface area contributed by atoms with Gasteiger partial charge in [-0.15, -0.1) is 12.4 Å². The minimum absolute atomic E-state index is 0. The molecule has 1 aliphatic rings. The second-order valence-corrected chi connectivity index (χ2v) is 5.60. The monoisotopic (exact) mass is 332 g/mol. The normalized spacial score (nSPS) is 18.5. The van der Waals surface area contributed by atoms with Crippen LogP contribution in [-0.2, 0) is 9.53 Å². The summed E-state index contributed by atoms with van der Waals surface area (Å²) in [7, 11) is 0. The van der Waals surface area contributed by atoms with Crippen molar-refractivity contribution in [3.8, 4) is 0 Å². The van der Waals surface area contributed by atoms with E-state index in [1.54, 1.807) is 0 Å². The molecule has 1 amide bonds. The first-order chi connectivity index (χ1) is 9.59. The predicted octanol–water partition coefficient (Wildman–Crippen LogP) is 2.66. The Morgan fingerprint density at radius 1 is 1.48 bits per heavy atom. The number of carbonyl (C=O) groups excluding carboxylic acids is 1. The summed E-state index contributed by atoms with van der Waals surface area (Å²) in [6, 6.07) is 7.65. The van der Waals surface area contributed by atoms with Crippen LogP contribution in [0.5, 0.6) is 0 Å². The number of hydrogen-bond acceptors (Lipinski definition) is 3. The molecule has 0 radical (unpaired) electrons. The largest absolute Gasteiger partial charge is 0.369 e. The summed E-state index contributed by atoms with van der Waals surface area (Å²) in [5.74, 6) is 0.0186. The Kier molecular flexibility index (Phi) is 7.46. The van der Waals surface area contributed by atoms with Crippen molar-refractivity contribution in [2.45, 2.75) is 26.0 Å². The smallest absolute Gasteiger partial charge is 0.249 e. The molecule has 1 saturated heterocycles. The van der Waals surface area contributed by atoms with Gasteiger partial charge in [0.1, 0.15) is 6.61 Å². The average Bonchev–Trinajstić information content (AvgIpc) is 2.45. The van der Waals surface area contributed by atoms with E-state index in [0.717, 1.165) is 18.7 Å². The topological polar surface area (TPSA) is 41.6 Å². The molecule has 1 N–H and O–H groups in total. The lowest BCUT2D eigenvalue weighted by atomic mass is 10.0. The first-order valence-electron chi connectivity index (χ1n) is 6.96. The van der Waals surface area contributed by atoms with Gasteiger partial charge in [-0.2, -0.15) is 0 Å². The molecule has 6 heteroatoms. The van der Waals surface area contributed by atoms with E-state index >= 15 is 0 Å². The van der Waals surface area contributed by atoms with Crippen molar-refractivity contribution in [1.29, 1.82) is 0 Å². The first kappa shape index (κ1) is 18.2. The van der Waals surface area contributed by atoms with Gasteiger partial charge in [0.25, 0.3) is 0 Å². The molecule has 1 aromatic rings. The Morgan fingerprint density at radius 3 is 2.86 bits per heavy atom. The second-order valence-electron chi connectivity index (χ2n) is 5.19. The third-order valence-electron chi connectivity index (χ3n) is 3.37. The molecule has 118 valence electrons. The van der Waals surface area contributed by atoms with Crippen molar-refractivity contribution in [3.63, 3.8) is 0 Å². The zero-order chi connectivity index (χ0) is 14.5. The molecule has 1 aromatic carbocycles. The number of rotatable bonds is 4. The standard InChI is InChI=1S/C15H21ClN2O2.ClH/c1-11(2)20-10-15(19)18-8-7-17-9-14(18)12-5-3-4-6-13(12)16;/h3-6,11,14,17H,7-10H2,1-2H3;1H. The quantitative estimate of drug-likeness (QED) is 0.921. The molecule has 4 nitrogen and oxygen atoms in total. The van der Waals surface area contributed by atoms with Gasteiger partial charge in [-0.05, 0) is 25.5 Å². The van der Waals surface area contributed by atoms with Gasteiger partial charge < -0.3 is 15.0 Å². The molecule has 0 aliphatic carbocycles. The van der Waals surface area contributed by atoms with E-state index in [4.69, 9.17) is 16.3 Å². The highest BCUT2D eigenvalue weighted by Gasteiger charge is 2.29. The molecule has 1 unspecified atom stereocenters. The molecule has 21 heavy (non-hydrogen) atoms. The zero-order valence-electron chi connectivity index (χ0n) is 12.3. The van der Waals surface area contributed by atoms with E-state index in [1.165, 1.54) is 0 Å². The van der Waals surface area contributed by atoms with Crippen LogP contribution < -0.4 is 5.32 Å². The molecule has 0 saturated carbocycles. The lowest BCUT2D eigenvalue weighted by Crippen LogP contribution is -2.50. The van der Waals surface area contributed by atoms with E-state index in [-0.39, 0.29) is 37.1 Å². The van der Waals surface area contributed by atoms with E-state index in [2.05, 4.69) is 5.32 Å². The van der Waals surface area contributed by atoms with Gasteiger partial charge in [-0.3, -0.25) is 4.79 Å². The van der Waals surface area contributed by atoms with Crippen LogP contribution in [0.25, 0.3) is 0 Å². The number of piperazine rings is 1. The number of nitrogens with one attached hydrogen (secondary N) is 1. The van der Waals surface area contributed by atoms with Crippen molar-refractivity contribution in [2.75, 3.05) is 26.2 Å². The van der Waals surface area contributed by atoms with Crippen molar-refractivity contribution < 1.29 is 9.53 Å². The zero-order valence-corrected chi connectivity index (χ0v) is 13.9. The second kappa shape index (κ2) is 8.59. The molecule has 0 aromatic heterocycles. The molecule has 1 fully saturated rings. The van der Waals surface area contributed by atoms with Gasteiger partial charge in [0.15, 0.2) is 0 Å². The van der Waals surface area contributed by atoms with Crippen molar-refractivity contribution >= 4 is 29.9 Å². The molecule has 1 atom stereocenters. The van der Waals surface area contributed by atoms with Crippen LogP contribution in [0.15, 0.2) is 24.3 Å². The van der Waals surface area contributed by atoms with Crippen molar-refractivity contribution in [1.82, 2.24) is 10.2 Å². The van der Waals surface area contributed by atoms with Crippen molar-refractivity contribution in [3.05, 3.63) is 34.9 Å². The SMILES string of the molecule is CC(C)OCC(=O)N1CCNCC1c1ccccc1Cl.Cl. The number of amides is 1. The maximum absolute atomic E-state index is 12.3. The predicted molar refractivity (Wildman–Crippen MR) is 87.1 cm³/mol. The summed E-state index contributed by atoms with van der Waals surface area (Å²) in [5.41, 5.74) is 0.985. The van der Waals surface area contributed by atoms with Crippen LogP contribution in [0.3, 0.4) is 0 Å². The van der Waals surface area contributed by atoms with Gasteiger partial charge in [0, 0.05) is 24.7 Å². The molecule has 0 spiro atoms. The highest BCUT2D eigenvalue weighted by Crippen LogP contribution is 2.28. The Hall–Kier alpha value is -0.810. The van der Waals surface area contributed by atoms with E-state index in [1.807, 2.05) is 43.0 Å². The van der Waals surface area contributed by atoms with Crippen LogP contribution in [0.2, 0.25) is 5.02 Å².